The number of halogens is 2. The molecule has 0 amide bonds. The Kier molecular flexibility index (Phi) is 5.73. The molecule has 0 saturated heterocycles. The highest BCUT2D eigenvalue weighted by atomic mass is 35.5. The Bertz CT molecular complexity index is 583. The van der Waals surface area contributed by atoms with E-state index in [1.165, 1.54) is 12.1 Å². The number of hydrogen-bond acceptors (Lipinski definition) is 4. The van der Waals surface area contributed by atoms with Crippen LogP contribution in [0.15, 0.2) is 35.7 Å². The van der Waals surface area contributed by atoms with Gasteiger partial charge in [-0.1, -0.05) is 23.7 Å². The van der Waals surface area contributed by atoms with Crippen molar-refractivity contribution in [1.82, 2.24) is 5.32 Å². The summed E-state index contributed by atoms with van der Waals surface area (Å²) in [5.74, 6) is -1.07. The van der Waals surface area contributed by atoms with E-state index in [1.54, 1.807) is 24.3 Å². The van der Waals surface area contributed by atoms with E-state index >= 15 is 0 Å². The number of esters is 1. The molecule has 0 spiro atoms. The molecule has 1 heterocycles. The number of benzene rings is 1. The fourth-order valence-electron chi connectivity index (χ4n) is 1.93. The van der Waals surface area contributed by atoms with Gasteiger partial charge >= 0.3 is 5.97 Å². The molecule has 0 saturated carbocycles. The van der Waals surface area contributed by atoms with Crippen LogP contribution in [0.1, 0.15) is 23.4 Å². The lowest BCUT2D eigenvalue weighted by atomic mass is 10.1. The first-order valence-electron chi connectivity index (χ1n) is 6.49. The van der Waals surface area contributed by atoms with E-state index in [0.717, 1.165) is 4.88 Å². The van der Waals surface area contributed by atoms with Crippen LogP contribution in [-0.2, 0) is 16.1 Å². The van der Waals surface area contributed by atoms with E-state index in [9.17, 15) is 9.18 Å². The van der Waals surface area contributed by atoms with Crippen LogP contribution in [0.5, 0.6) is 0 Å². The van der Waals surface area contributed by atoms with Crippen molar-refractivity contribution in [2.24, 2.45) is 0 Å². The minimum Gasteiger partial charge on any atom is -0.465 e. The van der Waals surface area contributed by atoms with Gasteiger partial charge in [0.25, 0.3) is 0 Å². The van der Waals surface area contributed by atoms with Crippen molar-refractivity contribution in [3.05, 3.63) is 57.0 Å². The third kappa shape index (κ3) is 4.03. The van der Waals surface area contributed by atoms with Gasteiger partial charge in [-0.15, -0.1) is 11.3 Å². The molecule has 1 unspecified atom stereocenters. The molecule has 2 aromatic rings. The van der Waals surface area contributed by atoms with Gasteiger partial charge in [-0.25, -0.2) is 9.18 Å². The summed E-state index contributed by atoms with van der Waals surface area (Å²) in [6.07, 6.45) is 0. The van der Waals surface area contributed by atoms with Crippen molar-refractivity contribution in [2.45, 2.75) is 19.5 Å². The molecular weight excluding hydrogens is 313 g/mol. The third-order valence-corrected chi connectivity index (χ3v) is 4.08. The van der Waals surface area contributed by atoms with Crippen LogP contribution in [0, 0.1) is 5.82 Å². The van der Waals surface area contributed by atoms with Crippen LogP contribution >= 0.6 is 22.9 Å². The summed E-state index contributed by atoms with van der Waals surface area (Å²) in [5, 5.41) is 5.15. The first-order valence-corrected chi connectivity index (χ1v) is 7.75. The van der Waals surface area contributed by atoms with E-state index in [-0.39, 0.29) is 17.2 Å². The Balaban J connectivity index is 2.25. The maximum atomic E-state index is 14.0. The van der Waals surface area contributed by atoms with Crippen molar-refractivity contribution in [1.29, 1.82) is 0 Å². The molecule has 0 aliphatic heterocycles. The van der Waals surface area contributed by atoms with Gasteiger partial charge in [-0.3, -0.25) is 5.32 Å². The molecule has 3 nitrogen and oxygen atoms in total. The van der Waals surface area contributed by atoms with Crippen molar-refractivity contribution in [3.8, 4) is 0 Å². The number of carbonyl (C=O) groups excluding carboxylic acids is 1. The molecule has 1 aromatic heterocycles. The highest BCUT2D eigenvalue weighted by Crippen LogP contribution is 2.27. The molecular formula is C15H15ClFNO2S. The summed E-state index contributed by atoms with van der Waals surface area (Å²) in [6.45, 7) is 2.37. The molecule has 1 N–H and O–H groups in total. The van der Waals surface area contributed by atoms with E-state index < -0.39 is 17.8 Å². The minimum atomic E-state index is -0.930. The van der Waals surface area contributed by atoms with Crippen molar-refractivity contribution in [2.75, 3.05) is 6.61 Å². The summed E-state index contributed by atoms with van der Waals surface area (Å²) >= 11 is 7.60. The van der Waals surface area contributed by atoms with Gasteiger partial charge in [-0.05, 0) is 30.5 Å². The number of ether oxygens (including phenoxy) is 1. The second kappa shape index (κ2) is 7.54. The van der Waals surface area contributed by atoms with Gasteiger partial charge in [0, 0.05) is 22.0 Å². The number of thiophene rings is 1. The number of carbonyl (C=O) groups is 1. The van der Waals surface area contributed by atoms with Crippen LogP contribution in [-0.4, -0.2) is 12.6 Å². The third-order valence-electron chi connectivity index (χ3n) is 2.87. The zero-order chi connectivity index (χ0) is 15.2. The maximum absolute atomic E-state index is 14.0. The summed E-state index contributed by atoms with van der Waals surface area (Å²) in [7, 11) is 0. The van der Waals surface area contributed by atoms with Crippen molar-refractivity contribution < 1.29 is 13.9 Å². The minimum absolute atomic E-state index is 0.120. The molecule has 112 valence electrons. The standard InChI is InChI=1S/C15H15ClFNO2S/c1-2-20-15(19)14(18-9-10-5-4-8-21-10)13-11(16)6-3-7-12(13)17/h3-8,14,18H,2,9H2,1H3. The lowest BCUT2D eigenvalue weighted by Crippen LogP contribution is -2.30. The average molecular weight is 328 g/mol. The quantitative estimate of drug-likeness (QED) is 0.817. The van der Waals surface area contributed by atoms with Crippen LogP contribution in [0.4, 0.5) is 4.39 Å². The molecule has 2 rings (SSSR count). The van der Waals surface area contributed by atoms with Crippen LogP contribution in [0.3, 0.4) is 0 Å². The Morgan fingerprint density at radius 3 is 2.86 bits per heavy atom. The fraction of sp³-hybridized carbons (Fsp3) is 0.267. The summed E-state index contributed by atoms with van der Waals surface area (Å²) in [4.78, 5) is 13.1. The van der Waals surface area contributed by atoms with E-state index in [4.69, 9.17) is 16.3 Å². The zero-order valence-electron chi connectivity index (χ0n) is 11.4. The first kappa shape index (κ1) is 15.9. The van der Waals surface area contributed by atoms with Gasteiger partial charge in [0.1, 0.15) is 11.9 Å². The lowest BCUT2D eigenvalue weighted by molar-refractivity contribution is -0.146. The van der Waals surface area contributed by atoms with E-state index in [2.05, 4.69) is 5.32 Å². The molecule has 0 aliphatic rings. The van der Waals surface area contributed by atoms with Gasteiger partial charge < -0.3 is 4.74 Å². The molecule has 1 atom stereocenters. The normalized spacial score (nSPS) is 12.1. The number of nitrogens with one attached hydrogen (secondary N) is 1. The van der Waals surface area contributed by atoms with Crippen molar-refractivity contribution in [3.63, 3.8) is 0 Å². The Morgan fingerprint density at radius 2 is 2.24 bits per heavy atom. The fourth-order valence-corrected chi connectivity index (χ4v) is 2.86. The summed E-state index contributed by atoms with van der Waals surface area (Å²) < 4.78 is 19.1. The van der Waals surface area contributed by atoms with Gasteiger partial charge in [0.15, 0.2) is 0 Å². The summed E-state index contributed by atoms with van der Waals surface area (Å²) in [5.41, 5.74) is 0.120. The Hall–Kier alpha value is -1.43. The van der Waals surface area contributed by atoms with Gasteiger partial charge in [0.05, 0.1) is 6.61 Å². The molecule has 21 heavy (non-hydrogen) atoms. The monoisotopic (exact) mass is 327 g/mol. The van der Waals surface area contributed by atoms with Crippen LogP contribution in [0.25, 0.3) is 0 Å². The zero-order valence-corrected chi connectivity index (χ0v) is 13.0. The predicted octanol–water partition coefficient (Wildman–Crippen LogP) is 3.93. The average Bonchev–Trinajstić information content (AvgIpc) is 2.95. The largest absolute Gasteiger partial charge is 0.465 e. The van der Waals surface area contributed by atoms with E-state index in [1.807, 2.05) is 17.5 Å². The molecule has 0 fully saturated rings. The number of hydrogen-bond donors (Lipinski definition) is 1. The molecule has 0 aliphatic carbocycles. The smallest absolute Gasteiger partial charge is 0.327 e. The first-order chi connectivity index (χ1) is 10.1. The molecule has 0 bridgehead atoms. The van der Waals surface area contributed by atoms with Crippen molar-refractivity contribution >= 4 is 28.9 Å². The molecule has 1 aromatic carbocycles. The van der Waals surface area contributed by atoms with Gasteiger partial charge in [0.2, 0.25) is 0 Å². The summed E-state index contributed by atoms with van der Waals surface area (Å²) in [6, 6.07) is 7.25. The highest BCUT2D eigenvalue weighted by Gasteiger charge is 2.27. The Labute approximate surface area is 131 Å². The van der Waals surface area contributed by atoms with Crippen LogP contribution < -0.4 is 5.32 Å². The number of rotatable bonds is 6. The lowest BCUT2D eigenvalue weighted by Gasteiger charge is -2.19. The highest BCUT2D eigenvalue weighted by molar-refractivity contribution is 7.09. The predicted molar refractivity (Wildman–Crippen MR) is 81.9 cm³/mol. The second-order valence-electron chi connectivity index (χ2n) is 4.28. The second-order valence-corrected chi connectivity index (χ2v) is 5.72. The van der Waals surface area contributed by atoms with E-state index in [0.29, 0.717) is 6.54 Å². The van der Waals surface area contributed by atoms with Crippen LogP contribution in [0.2, 0.25) is 5.02 Å². The Morgan fingerprint density at radius 1 is 1.43 bits per heavy atom. The molecule has 0 radical (unpaired) electrons. The maximum Gasteiger partial charge on any atom is 0.327 e. The SMILES string of the molecule is CCOC(=O)C(NCc1cccs1)c1c(F)cccc1Cl. The topological polar surface area (TPSA) is 38.3 Å². The molecule has 6 heteroatoms. The van der Waals surface area contributed by atoms with Gasteiger partial charge in [-0.2, -0.15) is 0 Å².